The second-order valence-corrected chi connectivity index (χ2v) is 3.39. The fraction of sp³-hybridized carbons (Fsp3) is 0.500. The number of aryl methyl sites for hydroxylation is 2. The van der Waals surface area contributed by atoms with Gasteiger partial charge in [-0.1, -0.05) is 6.07 Å². The van der Waals surface area contributed by atoms with E-state index < -0.39 is 0 Å². The topological polar surface area (TPSA) is 60.2 Å². The molecule has 0 saturated heterocycles. The minimum atomic E-state index is -0.0411. The molecule has 0 saturated carbocycles. The van der Waals surface area contributed by atoms with E-state index in [1.165, 1.54) is 0 Å². The van der Waals surface area contributed by atoms with Crippen molar-refractivity contribution in [3.05, 3.63) is 29.1 Å². The zero-order valence-electron chi connectivity index (χ0n) is 8.87. The summed E-state index contributed by atoms with van der Waals surface area (Å²) in [5.41, 5.74) is 5.92. The summed E-state index contributed by atoms with van der Waals surface area (Å²) >= 11 is 0. The van der Waals surface area contributed by atoms with E-state index in [0.717, 1.165) is 16.8 Å². The summed E-state index contributed by atoms with van der Waals surface area (Å²) in [7, 11) is 1.65. The van der Waals surface area contributed by atoms with Crippen molar-refractivity contribution in [3.8, 4) is 0 Å². The molecule has 1 aromatic rings. The van der Waals surface area contributed by atoms with Gasteiger partial charge < -0.3 is 4.74 Å². The zero-order valence-corrected chi connectivity index (χ0v) is 8.87. The summed E-state index contributed by atoms with van der Waals surface area (Å²) in [6.07, 6.45) is 1.84. The molecule has 78 valence electrons. The Bertz CT molecular complexity index is 301. The molecule has 0 radical (unpaired) electrons. The van der Waals surface area contributed by atoms with Gasteiger partial charge in [0.15, 0.2) is 0 Å². The number of pyridine rings is 1. The highest BCUT2D eigenvalue weighted by molar-refractivity contribution is 5.25. The molecule has 1 atom stereocenters. The van der Waals surface area contributed by atoms with Gasteiger partial charge in [0.1, 0.15) is 0 Å². The van der Waals surface area contributed by atoms with Crippen LogP contribution in [0.4, 0.5) is 0 Å². The Hall–Kier alpha value is -0.970. The van der Waals surface area contributed by atoms with Crippen LogP contribution in [0.25, 0.3) is 0 Å². The number of rotatable bonds is 4. The Morgan fingerprint density at radius 3 is 2.79 bits per heavy atom. The number of ether oxygens (including phenoxy) is 1. The van der Waals surface area contributed by atoms with Gasteiger partial charge in [-0.3, -0.25) is 10.8 Å². The van der Waals surface area contributed by atoms with E-state index in [2.05, 4.69) is 16.5 Å². The molecule has 0 aliphatic heterocycles. The van der Waals surface area contributed by atoms with Crippen molar-refractivity contribution in [2.24, 2.45) is 5.84 Å². The third-order valence-electron chi connectivity index (χ3n) is 2.12. The van der Waals surface area contributed by atoms with Crippen LogP contribution in [-0.4, -0.2) is 18.7 Å². The average Bonchev–Trinajstić information content (AvgIpc) is 2.15. The third kappa shape index (κ3) is 2.51. The Morgan fingerprint density at radius 1 is 1.57 bits per heavy atom. The molecule has 0 fully saturated rings. The minimum absolute atomic E-state index is 0.0411. The summed E-state index contributed by atoms with van der Waals surface area (Å²) in [6, 6.07) is 2.04. The molecule has 0 bridgehead atoms. The lowest BCUT2D eigenvalue weighted by molar-refractivity contribution is 0.165. The predicted molar refractivity (Wildman–Crippen MR) is 55.7 cm³/mol. The second-order valence-electron chi connectivity index (χ2n) is 3.39. The predicted octanol–water partition coefficient (Wildman–Crippen LogP) is 0.849. The SMILES string of the molecule is COCC(NN)c1ncc(C)cc1C. The summed E-state index contributed by atoms with van der Waals surface area (Å²) in [4.78, 5) is 4.35. The number of nitrogens with one attached hydrogen (secondary N) is 1. The van der Waals surface area contributed by atoms with Crippen LogP contribution in [0.1, 0.15) is 22.9 Å². The van der Waals surface area contributed by atoms with Crippen LogP contribution in [0.2, 0.25) is 0 Å². The van der Waals surface area contributed by atoms with Gasteiger partial charge in [0.05, 0.1) is 18.3 Å². The van der Waals surface area contributed by atoms with Crippen molar-refractivity contribution in [1.82, 2.24) is 10.4 Å². The molecule has 0 aliphatic carbocycles. The molecule has 14 heavy (non-hydrogen) atoms. The van der Waals surface area contributed by atoms with Gasteiger partial charge >= 0.3 is 0 Å². The molecule has 4 heteroatoms. The summed E-state index contributed by atoms with van der Waals surface area (Å²) < 4.78 is 5.05. The Morgan fingerprint density at radius 2 is 2.29 bits per heavy atom. The summed E-state index contributed by atoms with van der Waals surface area (Å²) in [5, 5.41) is 0. The molecule has 0 aromatic carbocycles. The normalized spacial score (nSPS) is 12.9. The first-order chi connectivity index (χ1) is 6.69. The molecular formula is C10H17N3O. The van der Waals surface area contributed by atoms with Gasteiger partial charge in [-0.2, -0.15) is 0 Å². The fourth-order valence-electron chi connectivity index (χ4n) is 1.46. The number of nitrogens with two attached hydrogens (primary N) is 1. The molecule has 1 heterocycles. The third-order valence-corrected chi connectivity index (χ3v) is 2.12. The van der Waals surface area contributed by atoms with E-state index in [-0.39, 0.29) is 6.04 Å². The minimum Gasteiger partial charge on any atom is -0.383 e. The van der Waals surface area contributed by atoms with Crippen molar-refractivity contribution in [2.45, 2.75) is 19.9 Å². The zero-order chi connectivity index (χ0) is 10.6. The molecular weight excluding hydrogens is 178 g/mol. The lowest BCUT2D eigenvalue weighted by Crippen LogP contribution is -2.32. The first-order valence-corrected chi connectivity index (χ1v) is 4.57. The van der Waals surface area contributed by atoms with Crippen LogP contribution >= 0.6 is 0 Å². The van der Waals surface area contributed by atoms with Crippen molar-refractivity contribution < 1.29 is 4.74 Å². The quantitative estimate of drug-likeness (QED) is 0.552. The molecule has 0 aliphatic rings. The van der Waals surface area contributed by atoms with Gasteiger partial charge in [-0.25, -0.2) is 5.43 Å². The number of hydrazine groups is 1. The largest absolute Gasteiger partial charge is 0.383 e. The van der Waals surface area contributed by atoms with Gasteiger partial charge in [0.2, 0.25) is 0 Å². The van der Waals surface area contributed by atoms with Crippen molar-refractivity contribution >= 4 is 0 Å². The Kier molecular flexibility index (Phi) is 4.00. The van der Waals surface area contributed by atoms with Crippen LogP contribution in [0.5, 0.6) is 0 Å². The highest BCUT2D eigenvalue weighted by Gasteiger charge is 2.13. The molecule has 0 amide bonds. The molecule has 1 unspecified atom stereocenters. The molecule has 1 rings (SSSR count). The van der Waals surface area contributed by atoms with Crippen molar-refractivity contribution in [3.63, 3.8) is 0 Å². The number of nitrogens with zero attached hydrogens (tertiary/aromatic N) is 1. The maximum atomic E-state index is 5.43. The Labute approximate surface area is 84.4 Å². The second kappa shape index (κ2) is 5.05. The van der Waals surface area contributed by atoms with Crippen molar-refractivity contribution in [2.75, 3.05) is 13.7 Å². The maximum Gasteiger partial charge on any atom is 0.0867 e. The lowest BCUT2D eigenvalue weighted by Gasteiger charge is -2.16. The summed E-state index contributed by atoms with van der Waals surface area (Å²) in [6.45, 7) is 4.56. The van der Waals surface area contributed by atoms with Gasteiger partial charge in [0.25, 0.3) is 0 Å². The fourth-order valence-corrected chi connectivity index (χ4v) is 1.46. The smallest absolute Gasteiger partial charge is 0.0867 e. The molecule has 4 nitrogen and oxygen atoms in total. The number of aromatic nitrogens is 1. The van der Waals surface area contributed by atoms with E-state index in [1.807, 2.05) is 20.0 Å². The van der Waals surface area contributed by atoms with E-state index in [1.54, 1.807) is 7.11 Å². The van der Waals surface area contributed by atoms with Gasteiger partial charge in [-0.05, 0) is 25.0 Å². The van der Waals surface area contributed by atoms with Crippen LogP contribution in [0.3, 0.4) is 0 Å². The van der Waals surface area contributed by atoms with Crippen LogP contribution < -0.4 is 11.3 Å². The highest BCUT2D eigenvalue weighted by atomic mass is 16.5. The van der Waals surface area contributed by atoms with E-state index in [9.17, 15) is 0 Å². The number of methoxy groups -OCH3 is 1. The average molecular weight is 195 g/mol. The summed E-state index contributed by atoms with van der Waals surface area (Å²) in [5.74, 6) is 5.43. The Balaban J connectivity index is 2.92. The van der Waals surface area contributed by atoms with E-state index in [0.29, 0.717) is 6.61 Å². The van der Waals surface area contributed by atoms with Gasteiger partial charge in [-0.15, -0.1) is 0 Å². The maximum absolute atomic E-state index is 5.43. The molecule has 0 spiro atoms. The lowest BCUT2D eigenvalue weighted by atomic mass is 10.1. The first kappa shape index (κ1) is 11.1. The van der Waals surface area contributed by atoms with Gasteiger partial charge in [0, 0.05) is 13.3 Å². The molecule has 1 aromatic heterocycles. The van der Waals surface area contributed by atoms with Crippen LogP contribution in [-0.2, 0) is 4.74 Å². The van der Waals surface area contributed by atoms with Crippen LogP contribution in [0, 0.1) is 13.8 Å². The molecule has 3 N–H and O–H groups in total. The van der Waals surface area contributed by atoms with E-state index >= 15 is 0 Å². The van der Waals surface area contributed by atoms with Crippen molar-refractivity contribution in [1.29, 1.82) is 0 Å². The first-order valence-electron chi connectivity index (χ1n) is 4.57. The monoisotopic (exact) mass is 195 g/mol. The number of hydrogen-bond donors (Lipinski definition) is 2. The van der Waals surface area contributed by atoms with Crippen LogP contribution in [0.15, 0.2) is 12.3 Å². The van der Waals surface area contributed by atoms with E-state index in [4.69, 9.17) is 10.6 Å². The standard InChI is InChI=1S/C10H17N3O/c1-7-4-8(2)10(12-5-7)9(13-11)6-14-3/h4-5,9,13H,6,11H2,1-3H3. The highest BCUT2D eigenvalue weighted by Crippen LogP contribution is 2.15. The number of hydrogen-bond acceptors (Lipinski definition) is 4.